The number of unbranched alkanes of at least 4 members (excludes halogenated alkanes) is 5. The van der Waals surface area contributed by atoms with Crippen molar-refractivity contribution in [2.75, 3.05) is 25.6 Å². The quantitative estimate of drug-likeness (QED) is 0.521. The summed E-state index contributed by atoms with van der Waals surface area (Å²) in [5, 5.41) is 0. The first-order valence-corrected chi connectivity index (χ1v) is 10.5. The maximum Gasteiger partial charge on any atom is 0.212 e. The van der Waals surface area contributed by atoms with Crippen LogP contribution in [-0.4, -0.2) is 25.7 Å². The zero-order valence-corrected chi connectivity index (χ0v) is 17.6. The Hall–Kier alpha value is -2.03. The van der Waals surface area contributed by atoms with Gasteiger partial charge in [0.1, 0.15) is 0 Å². The Morgan fingerprint density at radius 3 is 2.26 bits per heavy atom. The number of pyridine rings is 1. The number of aryl methyl sites for hydroxylation is 1. The number of anilines is 1. The van der Waals surface area contributed by atoms with Crippen LogP contribution in [-0.2, 0) is 6.42 Å². The first-order chi connectivity index (χ1) is 13.2. The standard InChI is InChI=1S/C16H18N2O.C8H18/c1-18-9-3-4-13-10-12(5-7-15(13)18)14-6-8-16(19-2)17-11-14;1-3-5-7-8-6-4-2/h5-8,10-11H,3-4,9H2,1-2H3;3-8H2,1-2H3. The van der Waals surface area contributed by atoms with Gasteiger partial charge in [-0.3, -0.25) is 0 Å². The van der Waals surface area contributed by atoms with E-state index in [2.05, 4.69) is 55.0 Å². The van der Waals surface area contributed by atoms with Crippen molar-refractivity contribution in [2.24, 2.45) is 0 Å². The van der Waals surface area contributed by atoms with Crippen molar-refractivity contribution in [3.63, 3.8) is 0 Å². The predicted molar refractivity (Wildman–Crippen MR) is 117 cm³/mol. The number of ether oxygens (including phenoxy) is 1. The summed E-state index contributed by atoms with van der Waals surface area (Å²) in [6.07, 6.45) is 12.8. The van der Waals surface area contributed by atoms with Crippen LogP contribution in [0.1, 0.15) is 64.4 Å². The van der Waals surface area contributed by atoms with E-state index in [4.69, 9.17) is 4.74 Å². The molecule has 1 aromatic carbocycles. The van der Waals surface area contributed by atoms with E-state index in [0.717, 1.165) is 18.5 Å². The van der Waals surface area contributed by atoms with Gasteiger partial charge in [0.25, 0.3) is 0 Å². The topological polar surface area (TPSA) is 25.4 Å². The van der Waals surface area contributed by atoms with Crippen molar-refractivity contribution >= 4 is 5.69 Å². The largest absolute Gasteiger partial charge is 0.481 e. The average molecular weight is 369 g/mol. The molecule has 0 radical (unpaired) electrons. The molecule has 27 heavy (non-hydrogen) atoms. The summed E-state index contributed by atoms with van der Waals surface area (Å²) in [7, 11) is 3.79. The van der Waals surface area contributed by atoms with E-state index >= 15 is 0 Å². The molecule has 0 bridgehead atoms. The minimum Gasteiger partial charge on any atom is -0.481 e. The molecule has 2 heterocycles. The van der Waals surface area contributed by atoms with Crippen LogP contribution in [0, 0.1) is 0 Å². The Morgan fingerprint density at radius 1 is 0.963 bits per heavy atom. The molecule has 148 valence electrons. The lowest BCUT2D eigenvalue weighted by molar-refractivity contribution is 0.398. The molecule has 2 aromatic rings. The number of methoxy groups -OCH3 is 1. The maximum absolute atomic E-state index is 5.09. The molecule has 1 aliphatic rings. The molecule has 3 nitrogen and oxygen atoms in total. The molecule has 0 atom stereocenters. The second-order valence-corrected chi connectivity index (χ2v) is 7.37. The van der Waals surface area contributed by atoms with Gasteiger partial charge in [0, 0.05) is 37.1 Å². The zero-order chi connectivity index (χ0) is 19.5. The number of benzene rings is 1. The smallest absolute Gasteiger partial charge is 0.212 e. The lowest BCUT2D eigenvalue weighted by Gasteiger charge is -2.27. The molecule has 0 aliphatic carbocycles. The molecule has 3 heteroatoms. The summed E-state index contributed by atoms with van der Waals surface area (Å²) < 4.78 is 5.09. The highest BCUT2D eigenvalue weighted by atomic mass is 16.5. The van der Waals surface area contributed by atoms with Crippen LogP contribution in [0.25, 0.3) is 11.1 Å². The predicted octanol–water partition coefficient (Wildman–Crippen LogP) is 6.51. The SMILES string of the molecule is CCCCCCCC.COc1ccc(-c2ccc3c(c2)CCCN3C)cn1. The monoisotopic (exact) mass is 368 g/mol. The van der Waals surface area contributed by atoms with E-state index in [9.17, 15) is 0 Å². The van der Waals surface area contributed by atoms with Gasteiger partial charge in [0.2, 0.25) is 5.88 Å². The third-order valence-corrected chi connectivity index (χ3v) is 5.17. The van der Waals surface area contributed by atoms with E-state index in [0.29, 0.717) is 5.88 Å². The Bertz CT molecular complexity index is 661. The molecule has 0 fully saturated rings. The molecule has 0 amide bonds. The van der Waals surface area contributed by atoms with Crippen LogP contribution >= 0.6 is 0 Å². The van der Waals surface area contributed by atoms with Crippen molar-refractivity contribution < 1.29 is 4.74 Å². The molecule has 0 unspecified atom stereocenters. The third-order valence-electron chi connectivity index (χ3n) is 5.17. The Morgan fingerprint density at radius 2 is 1.67 bits per heavy atom. The van der Waals surface area contributed by atoms with Crippen molar-refractivity contribution in [2.45, 2.75) is 65.2 Å². The Kier molecular flexibility index (Phi) is 9.17. The lowest BCUT2D eigenvalue weighted by Crippen LogP contribution is -2.24. The molecule has 1 aliphatic heterocycles. The molecular weight excluding hydrogens is 332 g/mol. The summed E-state index contributed by atoms with van der Waals surface area (Å²) in [6, 6.07) is 10.6. The van der Waals surface area contributed by atoms with E-state index in [1.807, 2.05) is 12.3 Å². The summed E-state index contributed by atoms with van der Waals surface area (Å²) in [4.78, 5) is 6.60. The van der Waals surface area contributed by atoms with E-state index in [1.54, 1.807) is 7.11 Å². The van der Waals surface area contributed by atoms with Crippen molar-refractivity contribution in [3.8, 4) is 17.0 Å². The molecule has 1 aromatic heterocycles. The fourth-order valence-corrected chi connectivity index (χ4v) is 3.49. The molecule has 0 spiro atoms. The minimum atomic E-state index is 0.654. The van der Waals surface area contributed by atoms with Crippen LogP contribution in [0.4, 0.5) is 5.69 Å². The van der Waals surface area contributed by atoms with Crippen molar-refractivity contribution in [1.29, 1.82) is 0 Å². The van der Waals surface area contributed by atoms with Gasteiger partial charge in [0.15, 0.2) is 0 Å². The van der Waals surface area contributed by atoms with Gasteiger partial charge in [-0.25, -0.2) is 4.98 Å². The van der Waals surface area contributed by atoms with Crippen LogP contribution in [0.5, 0.6) is 5.88 Å². The van der Waals surface area contributed by atoms with Crippen LogP contribution in [0.2, 0.25) is 0 Å². The molecule has 0 N–H and O–H groups in total. The first-order valence-electron chi connectivity index (χ1n) is 10.5. The molecule has 3 rings (SSSR count). The highest BCUT2D eigenvalue weighted by Gasteiger charge is 2.14. The van der Waals surface area contributed by atoms with Crippen LogP contribution in [0.3, 0.4) is 0 Å². The summed E-state index contributed by atoms with van der Waals surface area (Å²) in [5.41, 5.74) is 5.15. The van der Waals surface area contributed by atoms with E-state index < -0.39 is 0 Å². The first kappa shape index (κ1) is 21.3. The van der Waals surface area contributed by atoms with Gasteiger partial charge >= 0.3 is 0 Å². The number of hydrogen-bond acceptors (Lipinski definition) is 3. The van der Waals surface area contributed by atoms with Gasteiger partial charge in [-0.05, 0) is 42.2 Å². The number of nitrogens with zero attached hydrogens (tertiary/aromatic N) is 2. The van der Waals surface area contributed by atoms with Gasteiger partial charge in [0.05, 0.1) is 7.11 Å². The van der Waals surface area contributed by atoms with Gasteiger partial charge in [-0.2, -0.15) is 0 Å². The summed E-state index contributed by atoms with van der Waals surface area (Å²) >= 11 is 0. The maximum atomic E-state index is 5.09. The third kappa shape index (κ3) is 6.57. The number of fused-ring (bicyclic) bond motifs is 1. The van der Waals surface area contributed by atoms with Crippen LogP contribution < -0.4 is 9.64 Å². The Labute approximate surface area is 165 Å². The van der Waals surface area contributed by atoms with Gasteiger partial charge < -0.3 is 9.64 Å². The fourth-order valence-electron chi connectivity index (χ4n) is 3.49. The summed E-state index contributed by atoms with van der Waals surface area (Å²) in [5.74, 6) is 0.654. The summed E-state index contributed by atoms with van der Waals surface area (Å²) in [6.45, 7) is 5.66. The van der Waals surface area contributed by atoms with E-state index in [1.165, 1.54) is 61.8 Å². The highest BCUT2D eigenvalue weighted by Crippen LogP contribution is 2.30. The second kappa shape index (κ2) is 11.6. The lowest BCUT2D eigenvalue weighted by atomic mass is 9.97. The molecule has 0 saturated carbocycles. The second-order valence-electron chi connectivity index (χ2n) is 7.37. The number of hydrogen-bond donors (Lipinski definition) is 0. The molecular formula is C24H36N2O. The van der Waals surface area contributed by atoms with Gasteiger partial charge in [-0.15, -0.1) is 0 Å². The zero-order valence-electron chi connectivity index (χ0n) is 17.6. The minimum absolute atomic E-state index is 0.654. The molecule has 0 saturated heterocycles. The van der Waals surface area contributed by atoms with Crippen molar-refractivity contribution in [1.82, 2.24) is 4.98 Å². The van der Waals surface area contributed by atoms with Crippen molar-refractivity contribution in [3.05, 3.63) is 42.1 Å². The number of rotatable bonds is 7. The van der Waals surface area contributed by atoms with Crippen LogP contribution in [0.15, 0.2) is 36.5 Å². The van der Waals surface area contributed by atoms with Gasteiger partial charge in [-0.1, -0.05) is 58.4 Å². The average Bonchev–Trinajstić information content (AvgIpc) is 2.72. The number of aromatic nitrogens is 1. The highest BCUT2D eigenvalue weighted by molar-refractivity contribution is 5.69. The normalized spacial score (nSPS) is 12.8. The Balaban J connectivity index is 0.000000279. The van der Waals surface area contributed by atoms with E-state index in [-0.39, 0.29) is 0 Å². The fraction of sp³-hybridized carbons (Fsp3) is 0.542.